The van der Waals surface area contributed by atoms with E-state index in [2.05, 4.69) is 47.0 Å². The highest BCUT2D eigenvalue weighted by Gasteiger charge is 2.24. The van der Waals surface area contributed by atoms with Crippen LogP contribution in [0.15, 0.2) is 162 Å². The van der Waals surface area contributed by atoms with Crippen molar-refractivity contribution in [2.24, 2.45) is 0 Å². The number of para-hydroxylation sites is 1. The quantitative estimate of drug-likeness (QED) is 0.186. The summed E-state index contributed by atoms with van der Waals surface area (Å²) in [5, 5.41) is 3.80. The van der Waals surface area contributed by atoms with Gasteiger partial charge in [-0.05, 0) is 18.2 Å². The van der Waals surface area contributed by atoms with Crippen LogP contribution >= 0.6 is 0 Å². The van der Waals surface area contributed by atoms with E-state index in [1.807, 2.05) is 115 Å². The number of fused-ring (bicyclic) bond motifs is 7. The van der Waals surface area contributed by atoms with Gasteiger partial charge in [0.05, 0.1) is 27.5 Å². The van der Waals surface area contributed by atoms with Gasteiger partial charge in [-0.25, -0.2) is 9.97 Å². The summed E-state index contributed by atoms with van der Waals surface area (Å²) in [5.74, 6) is 2.33. The molecule has 0 unspecified atom stereocenters. The van der Waals surface area contributed by atoms with Crippen molar-refractivity contribution in [1.29, 1.82) is 0 Å². The van der Waals surface area contributed by atoms with Crippen LogP contribution in [0.5, 0.6) is 0 Å². The van der Waals surface area contributed by atoms with E-state index in [4.69, 9.17) is 29.3 Å². The van der Waals surface area contributed by atoms with Crippen molar-refractivity contribution in [3.8, 4) is 51.4 Å². The minimum Gasteiger partial charge on any atom is -0.437 e. The average molecular weight is 643 g/mol. The summed E-state index contributed by atoms with van der Waals surface area (Å²) in [7, 11) is 0. The Labute approximate surface area is 286 Å². The van der Waals surface area contributed by atoms with Crippen molar-refractivity contribution in [3.05, 3.63) is 158 Å². The molecule has 0 atom stereocenters. The van der Waals surface area contributed by atoms with Crippen LogP contribution in [0.4, 0.5) is 0 Å². The van der Waals surface area contributed by atoms with Crippen molar-refractivity contribution >= 4 is 43.9 Å². The van der Waals surface area contributed by atoms with Gasteiger partial charge in [0.25, 0.3) is 0 Å². The van der Waals surface area contributed by atoms with Crippen LogP contribution in [0.1, 0.15) is 0 Å². The summed E-state index contributed by atoms with van der Waals surface area (Å²) in [6, 6.07) is 52.8. The fourth-order valence-electron chi connectivity index (χ4n) is 6.82. The van der Waals surface area contributed by atoms with Crippen LogP contribution in [0.2, 0.25) is 0 Å². The Kier molecular flexibility index (Phi) is 6.35. The van der Waals surface area contributed by atoms with Gasteiger partial charge < -0.3 is 4.42 Å². The van der Waals surface area contributed by atoms with Gasteiger partial charge in [0.2, 0.25) is 11.7 Å². The lowest BCUT2D eigenvalue weighted by molar-refractivity contribution is 0.657. The molecule has 0 aliphatic carbocycles. The van der Waals surface area contributed by atoms with Crippen LogP contribution in [0.3, 0.4) is 0 Å². The first-order valence-electron chi connectivity index (χ1n) is 16.4. The minimum absolute atomic E-state index is 0.524. The second kappa shape index (κ2) is 11.3. The summed E-state index contributed by atoms with van der Waals surface area (Å²) in [5.41, 5.74) is 7.72. The average Bonchev–Trinajstić information content (AvgIpc) is 3.74. The molecule has 4 aromatic heterocycles. The molecule has 6 aromatic carbocycles. The first-order valence-corrected chi connectivity index (χ1v) is 16.4. The van der Waals surface area contributed by atoms with Gasteiger partial charge in [0.1, 0.15) is 5.58 Å². The molecule has 10 aromatic rings. The summed E-state index contributed by atoms with van der Waals surface area (Å²) in [6.45, 7) is 0. The number of nitrogens with zero attached hydrogens (tertiary/aromatic N) is 6. The molecule has 0 aliphatic rings. The molecule has 0 N–H and O–H groups in total. The van der Waals surface area contributed by atoms with Crippen LogP contribution in [-0.2, 0) is 0 Å². The van der Waals surface area contributed by atoms with Crippen molar-refractivity contribution in [3.63, 3.8) is 0 Å². The highest BCUT2D eigenvalue weighted by Crippen LogP contribution is 2.43. The van der Waals surface area contributed by atoms with E-state index >= 15 is 0 Å². The minimum atomic E-state index is 0.524. The normalized spacial score (nSPS) is 11.6. The molecule has 50 heavy (non-hydrogen) atoms. The standard InChI is InChI=1S/C43H26N6O/c1-5-15-27(16-6-1)37-36-32-25-26-34-35(38(32)50-42(36)46-39(44-37)28-17-7-2-8-18-28)31-23-13-14-24-33(31)49(34)43-47-40(29-19-9-3-10-20-29)45-41(48-43)30-21-11-4-12-22-30/h1-26H. The number of hydrogen-bond donors (Lipinski definition) is 0. The van der Waals surface area contributed by atoms with Crippen LogP contribution < -0.4 is 0 Å². The fraction of sp³-hybridized carbons (Fsp3) is 0. The van der Waals surface area contributed by atoms with E-state index in [9.17, 15) is 0 Å². The molecule has 0 aliphatic heterocycles. The SMILES string of the molecule is c1ccc(-c2nc(-c3ccccc3)nc(-n3c4ccccc4c4c5oc6nc(-c7ccccc7)nc(-c7ccccc7)c6c5ccc43)n2)cc1. The van der Waals surface area contributed by atoms with Crippen molar-refractivity contribution in [2.45, 2.75) is 0 Å². The van der Waals surface area contributed by atoms with Crippen LogP contribution in [-0.4, -0.2) is 29.5 Å². The molecular formula is C43H26N6O. The molecule has 0 fully saturated rings. The fourth-order valence-corrected chi connectivity index (χ4v) is 6.82. The molecule has 0 saturated heterocycles. The Morgan fingerprint density at radius 1 is 0.380 bits per heavy atom. The van der Waals surface area contributed by atoms with Gasteiger partial charge in [-0.2, -0.15) is 15.0 Å². The van der Waals surface area contributed by atoms with Gasteiger partial charge in [0.15, 0.2) is 17.5 Å². The maximum Gasteiger partial charge on any atom is 0.238 e. The van der Waals surface area contributed by atoms with E-state index in [-0.39, 0.29) is 0 Å². The molecule has 0 radical (unpaired) electrons. The topological polar surface area (TPSA) is 82.5 Å². The van der Waals surface area contributed by atoms with Crippen molar-refractivity contribution in [1.82, 2.24) is 29.5 Å². The molecule has 10 rings (SSSR count). The Morgan fingerprint density at radius 2 is 0.900 bits per heavy atom. The third kappa shape index (κ3) is 4.48. The zero-order valence-corrected chi connectivity index (χ0v) is 26.6. The van der Waals surface area contributed by atoms with Gasteiger partial charge in [-0.1, -0.05) is 140 Å². The van der Waals surface area contributed by atoms with Gasteiger partial charge >= 0.3 is 0 Å². The molecule has 0 spiro atoms. The van der Waals surface area contributed by atoms with E-state index in [1.54, 1.807) is 0 Å². The predicted octanol–water partition coefficient (Wildman–Crippen LogP) is 10.3. The van der Waals surface area contributed by atoms with Gasteiger partial charge in [-0.3, -0.25) is 4.57 Å². The zero-order chi connectivity index (χ0) is 33.0. The van der Waals surface area contributed by atoms with Crippen LogP contribution in [0.25, 0.3) is 95.2 Å². The predicted molar refractivity (Wildman–Crippen MR) is 199 cm³/mol. The maximum absolute atomic E-state index is 6.82. The van der Waals surface area contributed by atoms with E-state index in [0.717, 1.165) is 66.1 Å². The van der Waals surface area contributed by atoms with Gasteiger partial charge in [-0.15, -0.1) is 0 Å². The second-order valence-corrected chi connectivity index (χ2v) is 12.1. The monoisotopic (exact) mass is 642 g/mol. The Balaban J connectivity index is 1.29. The first-order chi connectivity index (χ1) is 24.8. The highest BCUT2D eigenvalue weighted by molar-refractivity contribution is 6.25. The molecule has 234 valence electrons. The third-order valence-electron chi connectivity index (χ3n) is 9.10. The van der Waals surface area contributed by atoms with E-state index in [1.165, 1.54) is 0 Å². The van der Waals surface area contributed by atoms with E-state index in [0.29, 0.717) is 29.1 Å². The Hall–Kier alpha value is -6.99. The third-order valence-corrected chi connectivity index (χ3v) is 9.10. The lowest BCUT2D eigenvalue weighted by Gasteiger charge is -2.10. The molecule has 0 saturated carbocycles. The molecule has 7 nitrogen and oxygen atoms in total. The van der Waals surface area contributed by atoms with E-state index < -0.39 is 0 Å². The van der Waals surface area contributed by atoms with Gasteiger partial charge in [0, 0.05) is 33.0 Å². The largest absolute Gasteiger partial charge is 0.437 e. The molecular weight excluding hydrogens is 617 g/mol. The summed E-state index contributed by atoms with van der Waals surface area (Å²) in [6.07, 6.45) is 0. The smallest absolute Gasteiger partial charge is 0.238 e. The number of hydrogen-bond acceptors (Lipinski definition) is 6. The lowest BCUT2D eigenvalue weighted by Crippen LogP contribution is -2.06. The summed E-state index contributed by atoms with van der Waals surface area (Å²) in [4.78, 5) is 25.2. The molecule has 0 amide bonds. The van der Waals surface area contributed by atoms with Crippen molar-refractivity contribution in [2.75, 3.05) is 0 Å². The number of aromatic nitrogens is 6. The second-order valence-electron chi connectivity index (χ2n) is 12.1. The molecule has 0 bridgehead atoms. The van der Waals surface area contributed by atoms with Crippen molar-refractivity contribution < 1.29 is 4.42 Å². The summed E-state index contributed by atoms with van der Waals surface area (Å²) >= 11 is 0. The maximum atomic E-state index is 6.82. The zero-order valence-electron chi connectivity index (χ0n) is 26.6. The number of furan rings is 1. The number of rotatable bonds is 5. The molecule has 4 heterocycles. The highest BCUT2D eigenvalue weighted by atomic mass is 16.3. The molecule has 7 heteroatoms. The first kappa shape index (κ1) is 28.1. The Bertz CT molecular complexity index is 2790. The number of benzene rings is 6. The van der Waals surface area contributed by atoms with Crippen LogP contribution in [0, 0.1) is 0 Å². The lowest BCUT2D eigenvalue weighted by atomic mass is 10.0. The summed E-state index contributed by atoms with van der Waals surface area (Å²) < 4.78 is 8.92. The Morgan fingerprint density at radius 3 is 1.50 bits per heavy atom.